The molecule has 0 spiro atoms. The first-order chi connectivity index (χ1) is 14.8. The molecule has 2 aliphatic rings. The van der Waals surface area contributed by atoms with Crippen molar-refractivity contribution in [1.29, 1.82) is 0 Å². The smallest absolute Gasteiger partial charge is 0.137 e. The van der Waals surface area contributed by atoms with Gasteiger partial charge >= 0.3 is 0 Å². The van der Waals surface area contributed by atoms with Gasteiger partial charge in [0.1, 0.15) is 11.6 Å². The van der Waals surface area contributed by atoms with E-state index in [1.54, 1.807) is 0 Å². The fraction of sp³-hybridized carbons (Fsp3) is 0.440. The molecule has 5 nitrogen and oxygen atoms in total. The van der Waals surface area contributed by atoms with Crippen molar-refractivity contribution >= 4 is 0 Å². The quantitative estimate of drug-likeness (QED) is 0.635. The summed E-state index contributed by atoms with van der Waals surface area (Å²) in [5.74, 6) is 2.90. The van der Waals surface area contributed by atoms with Gasteiger partial charge in [-0.05, 0) is 30.5 Å². The highest BCUT2D eigenvalue weighted by molar-refractivity contribution is 5.16. The van der Waals surface area contributed by atoms with Crippen molar-refractivity contribution in [3.63, 3.8) is 0 Å². The van der Waals surface area contributed by atoms with E-state index >= 15 is 0 Å². The highest BCUT2D eigenvalue weighted by Crippen LogP contribution is 2.27. The van der Waals surface area contributed by atoms with Crippen LogP contribution in [0.2, 0.25) is 0 Å². The molecular formula is C25H31N5. The van der Waals surface area contributed by atoms with Gasteiger partial charge in [-0.2, -0.15) is 0 Å². The van der Waals surface area contributed by atoms with Crippen LogP contribution in [0.25, 0.3) is 0 Å². The number of fused-ring (bicyclic) bond motifs is 1. The molecule has 0 saturated carbocycles. The summed E-state index contributed by atoms with van der Waals surface area (Å²) < 4.78 is 2.43. The molecule has 2 aliphatic heterocycles. The van der Waals surface area contributed by atoms with E-state index in [2.05, 4.69) is 85.2 Å². The van der Waals surface area contributed by atoms with Gasteiger partial charge < -0.3 is 9.47 Å². The van der Waals surface area contributed by atoms with Crippen LogP contribution < -0.4 is 0 Å². The summed E-state index contributed by atoms with van der Waals surface area (Å²) in [5, 5.41) is 9.24. The number of hydrogen-bond acceptors (Lipinski definition) is 4. The molecule has 3 heterocycles. The Labute approximate surface area is 179 Å². The molecule has 5 heteroatoms. The van der Waals surface area contributed by atoms with Crippen LogP contribution in [0.15, 0.2) is 60.7 Å². The lowest BCUT2D eigenvalue weighted by Crippen LogP contribution is -2.27. The largest absolute Gasteiger partial charge is 0.313 e. The monoisotopic (exact) mass is 401 g/mol. The Morgan fingerprint density at radius 1 is 0.767 bits per heavy atom. The Kier molecular flexibility index (Phi) is 5.91. The van der Waals surface area contributed by atoms with Crippen LogP contribution in [-0.2, 0) is 25.9 Å². The first-order valence-electron chi connectivity index (χ1n) is 11.3. The zero-order valence-corrected chi connectivity index (χ0v) is 17.7. The molecule has 0 amide bonds. The maximum Gasteiger partial charge on any atom is 0.137 e. The average molecular weight is 402 g/mol. The fourth-order valence-electron chi connectivity index (χ4n) is 4.87. The second-order valence-electron chi connectivity index (χ2n) is 8.66. The van der Waals surface area contributed by atoms with Crippen LogP contribution in [-0.4, -0.2) is 57.3 Å². The number of hydrogen-bond donors (Lipinski definition) is 0. The first-order valence-corrected chi connectivity index (χ1v) is 11.3. The topological polar surface area (TPSA) is 37.2 Å². The molecule has 1 saturated heterocycles. The Balaban J connectivity index is 1.19. The lowest BCUT2D eigenvalue weighted by Gasteiger charge is -2.20. The molecule has 1 unspecified atom stereocenters. The molecular weight excluding hydrogens is 370 g/mol. The maximum absolute atomic E-state index is 4.65. The van der Waals surface area contributed by atoms with Crippen molar-refractivity contribution < 1.29 is 0 Å². The fourth-order valence-corrected chi connectivity index (χ4v) is 4.87. The summed E-state index contributed by atoms with van der Waals surface area (Å²) in [7, 11) is 0. The van der Waals surface area contributed by atoms with Crippen molar-refractivity contribution in [2.75, 3.05) is 32.7 Å². The highest BCUT2D eigenvalue weighted by atomic mass is 15.3. The molecule has 0 aliphatic carbocycles. The Morgan fingerprint density at radius 2 is 1.53 bits per heavy atom. The molecule has 0 N–H and O–H groups in total. The van der Waals surface area contributed by atoms with Gasteiger partial charge in [0.15, 0.2) is 0 Å². The van der Waals surface area contributed by atoms with E-state index in [0.29, 0.717) is 5.92 Å². The van der Waals surface area contributed by atoms with Gasteiger partial charge in [-0.1, -0.05) is 60.7 Å². The molecule has 5 rings (SSSR count). The van der Waals surface area contributed by atoms with Crippen LogP contribution in [0.1, 0.15) is 35.1 Å². The molecule has 1 aromatic heterocycles. The Bertz CT molecular complexity index is 937. The second-order valence-corrected chi connectivity index (χ2v) is 8.66. The summed E-state index contributed by atoms with van der Waals surface area (Å²) in [6.07, 6.45) is 3.31. The van der Waals surface area contributed by atoms with Gasteiger partial charge in [0, 0.05) is 51.6 Å². The summed E-state index contributed by atoms with van der Waals surface area (Å²) in [4.78, 5) is 5.15. The van der Waals surface area contributed by atoms with E-state index in [9.17, 15) is 0 Å². The van der Waals surface area contributed by atoms with Crippen molar-refractivity contribution in [2.24, 2.45) is 0 Å². The summed E-state index contributed by atoms with van der Waals surface area (Å²) in [5.41, 5.74) is 2.82. The van der Waals surface area contributed by atoms with E-state index in [4.69, 9.17) is 0 Å². The normalized spacial score (nSPS) is 20.2. The third-order valence-corrected chi connectivity index (χ3v) is 6.59. The van der Waals surface area contributed by atoms with Gasteiger partial charge in [-0.3, -0.25) is 4.90 Å². The SMILES string of the molecule is c1ccc(CCN2CCC(c3nnc4n3CCN(Cc3ccccc3)CC4)C2)cc1. The number of nitrogens with zero attached hydrogens (tertiary/aromatic N) is 5. The Morgan fingerprint density at radius 3 is 2.33 bits per heavy atom. The number of likely N-dealkylation sites (tertiary alicyclic amines) is 1. The van der Waals surface area contributed by atoms with Crippen LogP contribution >= 0.6 is 0 Å². The molecule has 30 heavy (non-hydrogen) atoms. The molecule has 0 bridgehead atoms. The van der Waals surface area contributed by atoms with Gasteiger partial charge in [-0.25, -0.2) is 0 Å². The summed E-state index contributed by atoms with van der Waals surface area (Å²) in [6, 6.07) is 21.6. The third kappa shape index (κ3) is 4.47. The first kappa shape index (κ1) is 19.5. The van der Waals surface area contributed by atoms with Gasteiger partial charge in [0.05, 0.1) is 0 Å². The molecule has 1 fully saturated rings. The van der Waals surface area contributed by atoms with Crippen molar-refractivity contribution in [1.82, 2.24) is 24.6 Å². The van der Waals surface area contributed by atoms with Crippen molar-refractivity contribution in [2.45, 2.75) is 38.3 Å². The van der Waals surface area contributed by atoms with E-state index in [1.165, 1.54) is 35.7 Å². The van der Waals surface area contributed by atoms with Gasteiger partial charge in [0.25, 0.3) is 0 Å². The average Bonchev–Trinajstić information content (AvgIpc) is 3.37. The molecule has 3 aromatic rings. The number of benzene rings is 2. The Hall–Kier alpha value is -2.50. The predicted octanol–water partition coefficient (Wildman–Crippen LogP) is 3.37. The molecule has 0 radical (unpaired) electrons. The zero-order chi connectivity index (χ0) is 20.2. The molecule has 2 aromatic carbocycles. The maximum atomic E-state index is 4.65. The van der Waals surface area contributed by atoms with Crippen LogP contribution in [0.4, 0.5) is 0 Å². The van der Waals surface area contributed by atoms with Crippen molar-refractivity contribution in [3.05, 3.63) is 83.4 Å². The minimum absolute atomic E-state index is 0.516. The van der Waals surface area contributed by atoms with E-state index < -0.39 is 0 Å². The standard InChI is InChI=1S/C25H31N5/c1-3-7-21(8-4-1)11-14-28-15-12-23(20-28)25-27-26-24-13-16-29(17-18-30(24)25)19-22-9-5-2-6-10-22/h1-10,23H,11-20H2. The van der Waals surface area contributed by atoms with E-state index in [-0.39, 0.29) is 0 Å². The van der Waals surface area contributed by atoms with Gasteiger partial charge in [0.2, 0.25) is 0 Å². The van der Waals surface area contributed by atoms with E-state index in [1.807, 2.05) is 0 Å². The van der Waals surface area contributed by atoms with Crippen LogP contribution in [0.5, 0.6) is 0 Å². The van der Waals surface area contributed by atoms with Gasteiger partial charge in [-0.15, -0.1) is 10.2 Å². The van der Waals surface area contributed by atoms with E-state index in [0.717, 1.165) is 52.1 Å². The zero-order valence-electron chi connectivity index (χ0n) is 17.7. The minimum Gasteiger partial charge on any atom is -0.313 e. The summed E-state index contributed by atoms with van der Waals surface area (Å²) in [6.45, 7) is 7.55. The third-order valence-electron chi connectivity index (χ3n) is 6.59. The highest BCUT2D eigenvalue weighted by Gasteiger charge is 2.29. The number of aromatic nitrogens is 3. The van der Waals surface area contributed by atoms with Crippen LogP contribution in [0, 0.1) is 0 Å². The predicted molar refractivity (Wildman–Crippen MR) is 119 cm³/mol. The minimum atomic E-state index is 0.516. The second kappa shape index (κ2) is 9.11. The lowest BCUT2D eigenvalue weighted by molar-refractivity contribution is 0.269. The lowest BCUT2D eigenvalue weighted by atomic mass is 10.1. The summed E-state index contributed by atoms with van der Waals surface area (Å²) >= 11 is 0. The van der Waals surface area contributed by atoms with Crippen molar-refractivity contribution in [3.8, 4) is 0 Å². The number of rotatable bonds is 6. The molecule has 156 valence electrons. The van der Waals surface area contributed by atoms with Crippen LogP contribution in [0.3, 0.4) is 0 Å². The molecule has 1 atom stereocenters.